The summed E-state index contributed by atoms with van der Waals surface area (Å²) in [5.41, 5.74) is 0. The Balaban J connectivity index is 1.28. The maximum atomic E-state index is 5.90. The van der Waals surface area contributed by atoms with Crippen molar-refractivity contribution < 1.29 is 4.74 Å². The van der Waals surface area contributed by atoms with Crippen molar-refractivity contribution in [3.63, 3.8) is 0 Å². The molecule has 2 heterocycles. The highest BCUT2D eigenvalue weighted by atomic mass is 35.5. The lowest BCUT2D eigenvalue weighted by molar-refractivity contribution is 0.152. The predicted molar refractivity (Wildman–Crippen MR) is 116 cm³/mol. The predicted octanol–water partition coefficient (Wildman–Crippen LogP) is 1.98. The molecule has 0 bridgehead atoms. The van der Waals surface area contributed by atoms with Crippen LogP contribution in [0, 0.1) is 0 Å². The van der Waals surface area contributed by atoms with E-state index in [2.05, 4.69) is 30.3 Å². The van der Waals surface area contributed by atoms with Crippen molar-refractivity contribution in [2.45, 2.75) is 19.4 Å². The number of benzene rings is 1. The van der Waals surface area contributed by atoms with Crippen molar-refractivity contribution >= 4 is 17.6 Å². The molecule has 1 N–H and O–H groups in total. The minimum absolute atomic E-state index is 0.682. The first-order valence-electron chi connectivity index (χ1n) is 10.1. The van der Waals surface area contributed by atoms with Crippen LogP contribution < -0.4 is 10.1 Å². The molecule has 1 aliphatic heterocycles. The highest BCUT2D eigenvalue weighted by Gasteiger charge is 2.19. The zero-order chi connectivity index (χ0) is 20.3. The molecule has 0 atom stereocenters. The summed E-state index contributed by atoms with van der Waals surface area (Å²) in [4.78, 5) is 9.20. The Hall–Kier alpha value is -2.32. The number of ether oxygens (including phenoxy) is 1. The number of aliphatic imine (C=N–C) groups is 1. The molecule has 0 aliphatic carbocycles. The second-order valence-electron chi connectivity index (χ2n) is 7.01. The highest BCUT2D eigenvalue weighted by Crippen LogP contribution is 2.15. The van der Waals surface area contributed by atoms with Crippen LogP contribution in [0.15, 0.2) is 41.9 Å². The number of rotatable bonds is 9. The van der Waals surface area contributed by atoms with Gasteiger partial charge in [0.1, 0.15) is 25.0 Å². The van der Waals surface area contributed by atoms with Gasteiger partial charge in [-0.25, -0.2) is 0 Å². The Labute approximate surface area is 177 Å². The summed E-state index contributed by atoms with van der Waals surface area (Å²) in [7, 11) is 1.85. The Morgan fingerprint density at radius 1 is 1.07 bits per heavy atom. The van der Waals surface area contributed by atoms with E-state index < -0.39 is 0 Å². The number of aromatic nitrogens is 3. The van der Waals surface area contributed by atoms with Crippen LogP contribution in [0.1, 0.15) is 12.8 Å². The van der Waals surface area contributed by atoms with Crippen LogP contribution in [0.5, 0.6) is 5.75 Å². The van der Waals surface area contributed by atoms with E-state index in [0.717, 1.165) is 75.4 Å². The summed E-state index contributed by atoms with van der Waals surface area (Å²) in [6, 6.07) is 7.51. The smallest absolute Gasteiger partial charge is 0.193 e. The van der Waals surface area contributed by atoms with Crippen LogP contribution in [-0.4, -0.2) is 83.4 Å². The first-order chi connectivity index (χ1) is 14.2. The number of piperazine rings is 1. The van der Waals surface area contributed by atoms with Gasteiger partial charge in [-0.1, -0.05) is 11.6 Å². The van der Waals surface area contributed by atoms with Crippen molar-refractivity contribution in [2.24, 2.45) is 4.99 Å². The SMILES string of the molecule is CN=C(NCCCCn1cnnc1)N1CCN(CCOc2ccc(Cl)cc2)CC1. The molecule has 0 radical (unpaired) electrons. The molecule has 0 spiro atoms. The molecule has 9 heteroatoms. The molecule has 0 amide bonds. The van der Waals surface area contributed by atoms with Gasteiger partial charge in [0.05, 0.1) is 0 Å². The molecule has 8 nitrogen and oxygen atoms in total. The summed E-state index contributed by atoms with van der Waals surface area (Å²) in [6.07, 6.45) is 5.68. The largest absolute Gasteiger partial charge is 0.492 e. The maximum Gasteiger partial charge on any atom is 0.193 e. The van der Waals surface area contributed by atoms with Gasteiger partial charge in [-0.05, 0) is 37.1 Å². The number of hydrogen-bond acceptors (Lipinski definition) is 5. The Kier molecular flexibility index (Phi) is 8.58. The molecule has 29 heavy (non-hydrogen) atoms. The third kappa shape index (κ3) is 7.21. The van der Waals surface area contributed by atoms with Crippen LogP contribution in [0.2, 0.25) is 5.02 Å². The fraction of sp³-hybridized carbons (Fsp3) is 0.550. The Morgan fingerprint density at radius 2 is 1.79 bits per heavy atom. The van der Waals surface area contributed by atoms with E-state index in [0.29, 0.717) is 6.61 Å². The quantitative estimate of drug-likeness (QED) is 0.381. The van der Waals surface area contributed by atoms with Gasteiger partial charge in [0.25, 0.3) is 0 Å². The fourth-order valence-electron chi connectivity index (χ4n) is 3.30. The van der Waals surface area contributed by atoms with Crippen LogP contribution in [0.25, 0.3) is 0 Å². The van der Waals surface area contributed by atoms with E-state index >= 15 is 0 Å². The zero-order valence-electron chi connectivity index (χ0n) is 17.0. The summed E-state index contributed by atoms with van der Waals surface area (Å²) in [5, 5.41) is 11.9. The van der Waals surface area contributed by atoms with Gasteiger partial charge < -0.3 is 19.5 Å². The van der Waals surface area contributed by atoms with Crippen molar-refractivity contribution in [1.29, 1.82) is 0 Å². The molecular weight excluding hydrogens is 390 g/mol. The van der Waals surface area contributed by atoms with E-state index in [-0.39, 0.29) is 0 Å². The number of unbranched alkanes of at least 4 members (excludes halogenated alkanes) is 1. The van der Waals surface area contributed by atoms with Gasteiger partial charge in [-0.3, -0.25) is 9.89 Å². The van der Waals surface area contributed by atoms with Gasteiger partial charge in [-0.2, -0.15) is 0 Å². The standard InChI is InChI=1S/C20H30ClN7O/c1-22-20(23-8-2-3-9-27-16-24-25-17-27)28-12-10-26(11-13-28)14-15-29-19-6-4-18(21)5-7-19/h4-7,16-17H,2-3,8-15H2,1H3,(H,22,23). The average molecular weight is 420 g/mol. The molecular formula is C20H30ClN7O. The average Bonchev–Trinajstić information content (AvgIpc) is 3.26. The van der Waals surface area contributed by atoms with Crippen molar-refractivity contribution in [2.75, 3.05) is 52.9 Å². The number of aryl methyl sites for hydroxylation is 1. The minimum Gasteiger partial charge on any atom is -0.492 e. The monoisotopic (exact) mass is 419 g/mol. The van der Waals surface area contributed by atoms with E-state index in [4.69, 9.17) is 16.3 Å². The second kappa shape index (κ2) is 11.6. The molecule has 3 rings (SSSR count). The summed E-state index contributed by atoms with van der Waals surface area (Å²) in [6.45, 7) is 7.44. The molecule has 1 aliphatic rings. The molecule has 158 valence electrons. The third-order valence-corrected chi connectivity index (χ3v) is 5.22. The van der Waals surface area contributed by atoms with Gasteiger partial charge in [-0.15, -0.1) is 10.2 Å². The molecule has 0 unspecified atom stereocenters. The fourth-order valence-corrected chi connectivity index (χ4v) is 3.42. The first kappa shape index (κ1) is 21.4. The summed E-state index contributed by atoms with van der Waals surface area (Å²) < 4.78 is 7.81. The molecule has 1 fully saturated rings. The lowest BCUT2D eigenvalue weighted by Crippen LogP contribution is -2.53. The van der Waals surface area contributed by atoms with E-state index in [1.54, 1.807) is 12.7 Å². The van der Waals surface area contributed by atoms with Gasteiger partial charge in [0.15, 0.2) is 5.96 Å². The van der Waals surface area contributed by atoms with Crippen LogP contribution >= 0.6 is 11.6 Å². The first-order valence-corrected chi connectivity index (χ1v) is 10.5. The van der Waals surface area contributed by atoms with Crippen LogP contribution in [-0.2, 0) is 6.54 Å². The number of hydrogen-bond donors (Lipinski definition) is 1. The van der Waals surface area contributed by atoms with E-state index in [9.17, 15) is 0 Å². The maximum absolute atomic E-state index is 5.90. The van der Waals surface area contributed by atoms with Crippen molar-refractivity contribution in [3.8, 4) is 5.75 Å². The molecule has 1 aromatic heterocycles. The number of guanidine groups is 1. The molecule has 0 saturated carbocycles. The normalized spacial score (nSPS) is 15.5. The van der Waals surface area contributed by atoms with Crippen molar-refractivity contribution in [1.82, 2.24) is 29.9 Å². The zero-order valence-corrected chi connectivity index (χ0v) is 17.8. The lowest BCUT2D eigenvalue weighted by Gasteiger charge is -2.36. The number of nitrogens with one attached hydrogen (secondary N) is 1. The van der Waals surface area contributed by atoms with Crippen molar-refractivity contribution in [3.05, 3.63) is 41.9 Å². The summed E-state index contributed by atoms with van der Waals surface area (Å²) in [5.74, 6) is 1.85. The molecule has 1 aromatic carbocycles. The second-order valence-corrected chi connectivity index (χ2v) is 7.45. The van der Waals surface area contributed by atoms with E-state index in [1.165, 1.54) is 0 Å². The van der Waals surface area contributed by atoms with Crippen LogP contribution in [0.4, 0.5) is 0 Å². The van der Waals surface area contributed by atoms with Gasteiger partial charge in [0.2, 0.25) is 0 Å². The molecule has 1 saturated heterocycles. The number of nitrogens with zero attached hydrogens (tertiary/aromatic N) is 6. The number of halogens is 1. The lowest BCUT2D eigenvalue weighted by atomic mass is 10.3. The van der Waals surface area contributed by atoms with Crippen LogP contribution in [0.3, 0.4) is 0 Å². The Morgan fingerprint density at radius 3 is 2.48 bits per heavy atom. The Bertz CT molecular complexity index is 728. The third-order valence-electron chi connectivity index (χ3n) is 4.97. The summed E-state index contributed by atoms with van der Waals surface area (Å²) >= 11 is 5.90. The highest BCUT2D eigenvalue weighted by molar-refractivity contribution is 6.30. The van der Waals surface area contributed by atoms with Gasteiger partial charge >= 0.3 is 0 Å². The van der Waals surface area contributed by atoms with E-state index in [1.807, 2.05) is 35.9 Å². The minimum atomic E-state index is 0.682. The van der Waals surface area contributed by atoms with Gasteiger partial charge in [0, 0.05) is 57.9 Å². The molecule has 2 aromatic rings. The topological polar surface area (TPSA) is 70.8 Å².